The highest BCUT2D eigenvalue weighted by Gasteiger charge is 2.23. The average Bonchev–Trinajstić information content (AvgIpc) is 2.35. The van der Waals surface area contributed by atoms with E-state index in [-0.39, 0.29) is 17.1 Å². The van der Waals surface area contributed by atoms with E-state index in [1.807, 2.05) is 0 Å². The number of nitrogens with zero attached hydrogens (tertiary/aromatic N) is 3. The van der Waals surface area contributed by atoms with Gasteiger partial charge in [0.15, 0.2) is 0 Å². The van der Waals surface area contributed by atoms with Gasteiger partial charge in [-0.2, -0.15) is 5.26 Å². The second kappa shape index (κ2) is 5.54. The predicted octanol–water partition coefficient (Wildman–Crippen LogP) is 0.495. The number of nitriles is 1. The zero-order valence-corrected chi connectivity index (χ0v) is 9.20. The van der Waals surface area contributed by atoms with Gasteiger partial charge in [-0.25, -0.2) is 4.98 Å². The van der Waals surface area contributed by atoms with E-state index in [0.29, 0.717) is 0 Å². The Hall–Kier alpha value is -1.75. The molecule has 2 N–H and O–H groups in total. The summed E-state index contributed by atoms with van der Waals surface area (Å²) in [6.07, 6.45) is -1.55. The molecule has 0 fully saturated rings. The molecule has 90 valence electrons. The molecule has 2 unspecified atom stereocenters. The summed E-state index contributed by atoms with van der Waals surface area (Å²) in [6.45, 7) is 0. The fraction of sp³-hybridized carbons (Fsp3) is 0.333. The lowest BCUT2D eigenvalue weighted by molar-refractivity contribution is -0.385. The van der Waals surface area contributed by atoms with Crippen LogP contribution in [0.5, 0.6) is 0 Å². The molecule has 1 aromatic rings. The fourth-order valence-electron chi connectivity index (χ4n) is 1.16. The first-order chi connectivity index (χ1) is 8.01. The highest BCUT2D eigenvalue weighted by atomic mass is 35.5. The number of pyridine rings is 1. The summed E-state index contributed by atoms with van der Waals surface area (Å²) < 4.78 is 0. The molecule has 0 aliphatic carbocycles. The highest BCUT2D eigenvalue weighted by Crippen LogP contribution is 2.23. The Balaban J connectivity index is 3.17. The quantitative estimate of drug-likeness (QED) is 0.460. The molecule has 0 saturated carbocycles. The lowest BCUT2D eigenvalue weighted by Gasteiger charge is -2.14. The van der Waals surface area contributed by atoms with E-state index in [2.05, 4.69) is 4.98 Å². The standard InChI is InChI=1S/C9H8ClN3O4/c10-2-8(14)9(15)5-1-7(13(16)17)6(3-11)12-4-5/h1,4,8-9,14-15H,2H2. The molecule has 0 spiro atoms. The third-order valence-electron chi connectivity index (χ3n) is 2.06. The molecule has 1 heterocycles. The molecule has 7 nitrogen and oxygen atoms in total. The lowest BCUT2D eigenvalue weighted by Crippen LogP contribution is -2.20. The van der Waals surface area contributed by atoms with Crippen molar-refractivity contribution in [3.8, 4) is 6.07 Å². The van der Waals surface area contributed by atoms with Gasteiger partial charge in [0.05, 0.1) is 16.9 Å². The summed E-state index contributed by atoms with van der Waals surface area (Å²) in [7, 11) is 0. The smallest absolute Gasteiger partial charge is 0.306 e. The molecule has 0 amide bonds. The summed E-state index contributed by atoms with van der Waals surface area (Å²) in [4.78, 5) is 13.4. The fourth-order valence-corrected chi connectivity index (χ4v) is 1.33. The molecule has 0 aliphatic rings. The number of aliphatic hydroxyl groups excluding tert-OH is 2. The largest absolute Gasteiger partial charge is 0.389 e. The van der Waals surface area contributed by atoms with E-state index in [9.17, 15) is 20.3 Å². The Morgan fingerprint density at radius 3 is 2.76 bits per heavy atom. The van der Waals surface area contributed by atoms with E-state index in [1.165, 1.54) is 0 Å². The summed E-state index contributed by atoms with van der Waals surface area (Å²) in [5.41, 5.74) is -0.846. The zero-order chi connectivity index (χ0) is 13.0. The van der Waals surface area contributed by atoms with Crippen LogP contribution in [0.15, 0.2) is 12.3 Å². The summed E-state index contributed by atoms with van der Waals surface area (Å²) in [5.74, 6) is -0.227. The van der Waals surface area contributed by atoms with Crippen LogP contribution in [0.25, 0.3) is 0 Å². The van der Waals surface area contributed by atoms with E-state index in [0.717, 1.165) is 12.3 Å². The minimum Gasteiger partial charge on any atom is -0.389 e. The maximum atomic E-state index is 10.6. The van der Waals surface area contributed by atoms with Gasteiger partial charge in [-0.15, -0.1) is 11.6 Å². The molecule has 0 radical (unpaired) electrons. The SMILES string of the molecule is N#Cc1ncc(C(O)C(O)CCl)cc1[N+](=O)[O-]. The van der Waals surface area contributed by atoms with Gasteiger partial charge in [0, 0.05) is 17.8 Å². The molecule has 0 aromatic carbocycles. The first-order valence-corrected chi connectivity index (χ1v) is 5.01. The Bertz CT molecular complexity index is 474. The highest BCUT2D eigenvalue weighted by molar-refractivity contribution is 6.18. The molecule has 1 rings (SSSR count). The molecule has 17 heavy (non-hydrogen) atoms. The maximum absolute atomic E-state index is 10.6. The van der Waals surface area contributed by atoms with Crippen molar-refractivity contribution in [2.45, 2.75) is 12.2 Å². The third-order valence-corrected chi connectivity index (χ3v) is 2.37. The number of rotatable bonds is 4. The van der Waals surface area contributed by atoms with Crippen LogP contribution in [0.4, 0.5) is 5.69 Å². The van der Waals surface area contributed by atoms with Crippen LogP contribution in [0, 0.1) is 21.4 Å². The number of halogens is 1. The van der Waals surface area contributed by atoms with Gasteiger partial charge in [0.25, 0.3) is 0 Å². The van der Waals surface area contributed by atoms with Crippen LogP contribution in [-0.4, -0.2) is 32.1 Å². The van der Waals surface area contributed by atoms with Gasteiger partial charge >= 0.3 is 5.69 Å². The normalized spacial score (nSPS) is 13.8. The van der Waals surface area contributed by atoms with Crippen LogP contribution < -0.4 is 0 Å². The Labute approximate surface area is 101 Å². The van der Waals surface area contributed by atoms with E-state index in [4.69, 9.17) is 16.9 Å². The first-order valence-electron chi connectivity index (χ1n) is 4.47. The summed E-state index contributed by atoms with van der Waals surface area (Å²) >= 11 is 5.34. The second-order valence-electron chi connectivity index (χ2n) is 3.17. The van der Waals surface area contributed by atoms with Gasteiger partial charge in [0.1, 0.15) is 12.2 Å². The van der Waals surface area contributed by atoms with E-state index < -0.39 is 22.8 Å². The minimum atomic E-state index is -1.38. The number of alkyl halides is 1. The van der Waals surface area contributed by atoms with Gasteiger partial charge < -0.3 is 10.2 Å². The average molecular weight is 258 g/mol. The Kier molecular flexibility index (Phi) is 4.34. The molecule has 2 atom stereocenters. The number of aliphatic hydroxyl groups is 2. The van der Waals surface area contributed by atoms with Gasteiger partial charge in [-0.05, 0) is 0 Å². The molecule has 0 aliphatic heterocycles. The van der Waals surface area contributed by atoms with Crippen molar-refractivity contribution in [1.29, 1.82) is 5.26 Å². The van der Waals surface area contributed by atoms with Crippen LogP contribution >= 0.6 is 11.6 Å². The zero-order valence-electron chi connectivity index (χ0n) is 8.45. The van der Waals surface area contributed by atoms with Crippen molar-refractivity contribution in [2.24, 2.45) is 0 Å². The number of hydrogen-bond donors (Lipinski definition) is 2. The van der Waals surface area contributed by atoms with Gasteiger partial charge in [-0.1, -0.05) is 0 Å². The first kappa shape index (κ1) is 13.3. The van der Waals surface area contributed by atoms with Crippen molar-refractivity contribution >= 4 is 17.3 Å². The van der Waals surface area contributed by atoms with Crippen molar-refractivity contribution in [2.75, 3.05) is 5.88 Å². The Morgan fingerprint density at radius 2 is 2.29 bits per heavy atom. The van der Waals surface area contributed by atoms with Crippen molar-refractivity contribution in [3.05, 3.63) is 33.6 Å². The van der Waals surface area contributed by atoms with Crippen LogP contribution in [0.1, 0.15) is 17.4 Å². The van der Waals surface area contributed by atoms with Crippen molar-refractivity contribution in [3.63, 3.8) is 0 Å². The van der Waals surface area contributed by atoms with Crippen molar-refractivity contribution in [1.82, 2.24) is 4.98 Å². The predicted molar refractivity (Wildman–Crippen MR) is 57.3 cm³/mol. The molecular weight excluding hydrogens is 250 g/mol. The van der Waals surface area contributed by atoms with E-state index in [1.54, 1.807) is 6.07 Å². The van der Waals surface area contributed by atoms with Crippen LogP contribution in [0.3, 0.4) is 0 Å². The molecule has 0 bridgehead atoms. The third kappa shape index (κ3) is 2.88. The molecule has 0 saturated heterocycles. The molecular formula is C9H8ClN3O4. The van der Waals surface area contributed by atoms with Crippen LogP contribution in [-0.2, 0) is 0 Å². The molecule has 8 heteroatoms. The topological polar surface area (TPSA) is 120 Å². The summed E-state index contributed by atoms with van der Waals surface area (Å²) in [6, 6.07) is 2.56. The second-order valence-corrected chi connectivity index (χ2v) is 3.48. The minimum absolute atomic E-state index is 0.0313. The molecule has 1 aromatic heterocycles. The summed E-state index contributed by atoms with van der Waals surface area (Å²) in [5, 5.41) is 38.1. The number of aromatic nitrogens is 1. The number of nitro groups is 1. The monoisotopic (exact) mass is 257 g/mol. The van der Waals surface area contributed by atoms with Crippen molar-refractivity contribution < 1.29 is 15.1 Å². The number of hydrogen-bond acceptors (Lipinski definition) is 6. The maximum Gasteiger partial charge on any atom is 0.306 e. The van der Waals surface area contributed by atoms with Crippen LogP contribution in [0.2, 0.25) is 0 Å². The Morgan fingerprint density at radius 1 is 1.65 bits per heavy atom. The lowest BCUT2D eigenvalue weighted by atomic mass is 10.1. The van der Waals surface area contributed by atoms with E-state index >= 15 is 0 Å². The van der Waals surface area contributed by atoms with Gasteiger partial charge in [0.2, 0.25) is 5.69 Å². The van der Waals surface area contributed by atoms with Gasteiger partial charge in [-0.3, -0.25) is 10.1 Å².